The Hall–Kier alpha value is -1.15. The molecule has 98 valence electrons. The summed E-state index contributed by atoms with van der Waals surface area (Å²) in [5, 5.41) is 9.56. The van der Waals surface area contributed by atoms with Crippen LogP contribution in [0.2, 0.25) is 0 Å². The molecule has 0 aliphatic heterocycles. The molecule has 1 aromatic carbocycles. The van der Waals surface area contributed by atoms with E-state index in [0.29, 0.717) is 12.0 Å². The fraction of sp³-hybridized carbons (Fsp3) is 0.562. The Balaban J connectivity index is 1.86. The zero-order valence-corrected chi connectivity index (χ0v) is 11.3. The first-order valence-electron chi connectivity index (χ1n) is 6.93. The van der Waals surface area contributed by atoms with Crippen LogP contribution < -0.4 is 0 Å². The summed E-state index contributed by atoms with van der Waals surface area (Å²) >= 11 is 0. The number of nitrogens with zero attached hydrogens (tertiary/aromatic N) is 1. The number of aryl methyl sites for hydroxylation is 1. The highest BCUT2D eigenvalue weighted by Crippen LogP contribution is 2.28. The van der Waals surface area contributed by atoms with Gasteiger partial charge in [0.25, 0.3) is 0 Å². The summed E-state index contributed by atoms with van der Waals surface area (Å²) in [6.45, 7) is 4.00. The van der Waals surface area contributed by atoms with E-state index in [1.165, 1.54) is 11.1 Å². The van der Waals surface area contributed by atoms with E-state index in [1.54, 1.807) is 0 Å². The van der Waals surface area contributed by atoms with Crippen molar-refractivity contribution in [3.05, 3.63) is 35.4 Å². The maximum Gasteiger partial charge on any atom is 0.0540 e. The molecule has 2 heteroatoms. The van der Waals surface area contributed by atoms with Gasteiger partial charge in [-0.3, -0.25) is 4.99 Å². The molecule has 0 amide bonds. The zero-order chi connectivity index (χ0) is 13.0. The summed E-state index contributed by atoms with van der Waals surface area (Å²) in [5.74, 6) is 0.482. The second kappa shape index (κ2) is 6.14. The van der Waals surface area contributed by atoms with Crippen molar-refractivity contribution in [2.45, 2.75) is 51.7 Å². The number of aliphatic imine (C=N–C) groups is 1. The van der Waals surface area contributed by atoms with E-state index in [0.717, 1.165) is 25.7 Å². The van der Waals surface area contributed by atoms with E-state index in [9.17, 15) is 5.11 Å². The number of aliphatic hydroxyl groups is 1. The Morgan fingerprint density at radius 2 is 1.78 bits per heavy atom. The molecule has 1 aromatic rings. The molecule has 2 rings (SSSR count). The Bertz CT molecular complexity index is 386. The molecule has 0 saturated heterocycles. The van der Waals surface area contributed by atoms with Crippen LogP contribution in [0.25, 0.3) is 0 Å². The molecule has 1 aliphatic rings. The van der Waals surface area contributed by atoms with E-state index in [1.807, 2.05) is 13.1 Å². The second-order valence-electron chi connectivity index (χ2n) is 5.50. The molecule has 0 bridgehead atoms. The first-order chi connectivity index (χ1) is 8.65. The van der Waals surface area contributed by atoms with Crippen molar-refractivity contribution < 1.29 is 5.11 Å². The first-order valence-corrected chi connectivity index (χ1v) is 6.93. The molecule has 0 heterocycles. The van der Waals surface area contributed by atoms with Gasteiger partial charge in [0.05, 0.1) is 6.10 Å². The Labute approximate surface area is 110 Å². The van der Waals surface area contributed by atoms with Crippen molar-refractivity contribution >= 4 is 6.21 Å². The van der Waals surface area contributed by atoms with Crippen LogP contribution in [0.5, 0.6) is 0 Å². The lowest BCUT2D eigenvalue weighted by Crippen LogP contribution is -2.24. The fourth-order valence-corrected chi connectivity index (χ4v) is 2.58. The number of hydrogen-bond donors (Lipinski definition) is 1. The Kier molecular flexibility index (Phi) is 4.54. The third kappa shape index (κ3) is 3.67. The van der Waals surface area contributed by atoms with Crippen molar-refractivity contribution in [2.24, 2.45) is 10.9 Å². The molecule has 1 fully saturated rings. The predicted molar refractivity (Wildman–Crippen MR) is 76.2 cm³/mol. The van der Waals surface area contributed by atoms with Gasteiger partial charge in [-0.15, -0.1) is 0 Å². The molecule has 1 aliphatic carbocycles. The van der Waals surface area contributed by atoms with Crippen molar-refractivity contribution in [1.82, 2.24) is 0 Å². The Morgan fingerprint density at radius 3 is 2.33 bits per heavy atom. The summed E-state index contributed by atoms with van der Waals surface area (Å²) in [6.07, 6.45) is 6.26. The Morgan fingerprint density at radius 1 is 1.17 bits per heavy atom. The van der Waals surface area contributed by atoms with Gasteiger partial charge in [-0.2, -0.15) is 0 Å². The molecule has 0 radical (unpaired) electrons. The molecule has 1 unspecified atom stereocenters. The number of benzene rings is 1. The van der Waals surface area contributed by atoms with Gasteiger partial charge in [-0.25, -0.2) is 0 Å². The molecule has 18 heavy (non-hydrogen) atoms. The maximum absolute atomic E-state index is 9.56. The van der Waals surface area contributed by atoms with Gasteiger partial charge in [0, 0.05) is 12.3 Å². The lowest BCUT2D eigenvalue weighted by Gasteiger charge is -2.28. The number of hydrogen-bond acceptors (Lipinski definition) is 2. The van der Waals surface area contributed by atoms with E-state index < -0.39 is 0 Å². The standard InChI is InChI=1S/C16H23NO/c1-12-3-5-14(6-4-12)11-17-16-9-7-15(8-10-16)13(2)18/h3-6,11,13,15-16,18H,7-10H2,1-2H3. The lowest BCUT2D eigenvalue weighted by atomic mass is 9.83. The summed E-state index contributed by atoms with van der Waals surface area (Å²) in [7, 11) is 0. The molecular formula is C16H23NO. The van der Waals surface area contributed by atoms with E-state index in [-0.39, 0.29) is 6.10 Å². The van der Waals surface area contributed by atoms with Crippen molar-refractivity contribution in [1.29, 1.82) is 0 Å². The molecular weight excluding hydrogens is 222 g/mol. The SMILES string of the molecule is Cc1ccc(C=NC2CCC(C(C)O)CC2)cc1. The van der Waals surface area contributed by atoms with Gasteiger partial charge in [0.15, 0.2) is 0 Å². The lowest BCUT2D eigenvalue weighted by molar-refractivity contribution is 0.0975. The van der Waals surface area contributed by atoms with Crippen molar-refractivity contribution in [2.75, 3.05) is 0 Å². The highest BCUT2D eigenvalue weighted by Gasteiger charge is 2.23. The third-order valence-electron chi connectivity index (χ3n) is 3.94. The van der Waals surface area contributed by atoms with Gasteiger partial charge >= 0.3 is 0 Å². The zero-order valence-electron chi connectivity index (χ0n) is 11.3. The minimum atomic E-state index is -0.160. The van der Waals surface area contributed by atoms with Crippen LogP contribution in [0.4, 0.5) is 0 Å². The minimum absolute atomic E-state index is 0.160. The van der Waals surface area contributed by atoms with E-state index in [4.69, 9.17) is 0 Å². The van der Waals surface area contributed by atoms with Crippen LogP contribution in [0.3, 0.4) is 0 Å². The largest absolute Gasteiger partial charge is 0.393 e. The van der Waals surface area contributed by atoms with Crippen molar-refractivity contribution in [3.63, 3.8) is 0 Å². The second-order valence-corrected chi connectivity index (χ2v) is 5.50. The maximum atomic E-state index is 9.56. The summed E-state index contributed by atoms with van der Waals surface area (Å²) in [5.41, 5.74) is 2.46. The molecule has 1 atom stereocenters. The van der Waals surface area contributed by atoms with E-state index >= 15 is 0 Å². The topological polar surface area (TPSA) is 32.6 Å². The molecule has 1 saturated carbocycles. The quantitative estimate of drug-likeness (QED) is 0.814. The fourth-order valence-electron chi connectivity index (χ4n) is 2.58. The highest BCUT2D eigenvalue weighted by molar-refractivity contribution is 5.79. The highest BCUT2D eigenvalue weighted by atomic mass is 16.3. The minimum Gasteiger partial charge on any atom is -0.393 e. The number of rotatable bonds is 3. The van der Waals surface area contributed by atoms with Crippen molar-refractivity contribution in [3.8, 4) is 0 Å². The monoisotopic (exact) mass is 245 g/mol. The van der Waals surface area contributed by atoms with Crippen LogP contribution in [-0.2, 0) is 0 Å². The van der Waals surface area contributed by atoms with Gasteiger partial charge in [0.1, 0.15) is 0 Å². The molecule has 0 spiro atoms. The van der Waals surface area contributed by atoms with Crippen LogP contribution in [0.15, 0.2) is 29.3 Å². The predicted octanol–water partition coefficient (Wildman–Crippen LogP) is 3.35. The first kappa shape index (κ1) is 13.3. The van der Waals surface area contributed by atoms with Crippen LogP contribution in [0, 0.1) is 12.8 Å². The smallest absolute Gasteiger partial charge is 0.0540 e. The van der Waals surface area contributed by atoms with Gasteiger partial charge in [-0.1, -0.05) is 29.8 Å². The van der Waals surface area contributed by atoms with Crippen LogP contribution in [-0.4, -0.2) is 23.5 Å². The normalized spacial score (nSPS) is 26.4. The number of aliphatic hydroxyl groups excluding tert-OH is 1. The van der Waals surface area contributed by atoms with Gasteiger partial charge in [0.2, 0.25) is 0 Å². The summed E-state index contributed by atoms with van der Waals surface area (Å²) in [6, 6.07) is 8.90. The van der Waals surface area contributed by atoms with Gasteiger partial charge < -0.3 is 5.11 Å². The summed E-state index contributed by atoms with van der Waals surface area (Å²) in [4.78, 5) is 4.67. The van der Waals surface area contributed by atoms with Crippen LogP contribution >= 0.6 is 0 Å². The molecule has 0 aromatic heterocycles. The van der Waals surface area contributed by atoms with Gasteiger partial charge in [-0.05, 0) is 51.0 Å². The molecule has 1 N–H and O–H groups in total. The summed E-state index contributed by atoms with van der Waals surface area (Å²) < 4.78 is 0. The van der Waals surface area contributed by atoms with Crippen LogP contribution in [0.1, 0.15) is 43.7 Å². The average Bonchev–Trinajstić information content (AvgIpc) is 2.38. The average molecular weight is 245 g/mol. The molecule has 2 nitrogen and oxygen atoms in total. The third-order valence-corrected chi connectivity index (χ3v) is 3.94. The van der Waals surface area contributed by atoms with E-state index in [2.05, 4.69) is 36.2 Å².